The van der Waals surface area contributed by atoms with Crippen LogP contribution in [0.15, 0.2) is 30.3 Å². The van der Waals surface area contributed by atoms with E-state index in [9.17, 15) is 0 Å². The summed E-state index contributed by atoms with van der Waals surface area (Å²) in [6.45, 7) is 3.49. The van der Waals surface area contributed by atoms with Crippen LogP contribution < -0.4 is 5.32 Å². The highest BCUT2D eigenvalue weighted by Crippen LogP contribution is 2.24. The molecule has 1 nitrogen and oxygen atoms in total. The van der Waals surface area contributed by atoms with Gasteiger partial charge in [-0.15, -0.1) is 0 Å². The Morgan fingerprint density at radius 2 is 2.00 bits per heavy atom. The maximum absolute atomic E-state index is 3.66. The first kappa shape index (κ1) is 10.7. The molecule has 1 saturated carbocycles. The molecule has 2 rings (SSSR count). The Labute approximate surface area is 92.9 Å². The second-order valence-corrected chi connectivity index (χ2v) is 4.80. The molecule has 0 heterocycles. The van der Waals surface area contributed by atoms with Gasteiger partial charge in [0.15, 0.2) is 0 Å². The summed E-state index contributed by atoms with van der Waals surface area (Å²) in [5, 5.41) is 3.66. The third-order valence-electron chi connectivity index (χ3n) is 3.38. The maximum Gasteiger partial charge on any atom is 0.00698 e. The molecule has 1 aromatic carbocycles. The molecule has 0 amide bonds. The van der Waals surface area contributed by atoms with E-state index in [1.807, 2.05) is 0 Å². The highest BCUT2D eigenvalue weighted by molar-refractivity contribution is 5.14. The molecule has 0 spiro atoms. The van der Waals surface area contributed by atoms with Crippen LogP contribution in [0.1, 0.15) is 31.7 Å². The van der Waals surface area contributed by atoms with Crippen molar-refractivity contribution in [2.75, 3.05) is 6.54 Å². The van der Waals surface area contributed by atoms with Crippen LogP contribution in [0.4, 0.5) is 0 Å². The third kappa shape index (κ3) is 3.35. The van der Waals surface area contributed by atoms with Crippen LogP contribution >= 0.6 is 0 Å². The van der Waals surface area contributed by atoms with Gasteiger partial charge in [-0.1, -0.05) is 37.3 Å². The molecule has 0 unspecified atom stereocenters. The third-order valence-corrected chi connectivity index (χ3v) is 3.38. The molecule has 0 radical (unpaired) electrons. The van der Waals surface area contributed by atoms with Crippen molar-refractivity contribution < 1.29 is 0 Å². The van der Waals surface area contributed by atoms with Crippen molar-refractivity contribution >= 4 is 0 Å². The zero-order valence-electron chi connectivity index (χ0n) is 9.58. The molecule has 1 aromatic rings. The highest BCUT2D eigenvalue weighted by Gasteiger charge is 2.19. The molecule has 1 heteroatoms. The van der Waals surface area contributed by atoms with E-state index in [4.69, 9.17) is 0 Å². The summed E-state index contributed by atoms with van der Waals surface area (Å²) in [6.07, 6.45) is 5.31. The lowest BCUT2D eigenvalue weighted by Gasteiger charge is -2.11. The summed E-state index contributed by atoms with van der Waals surface area (Å²) in [7, 11) is 0. The van der Waals surface area contributed by atoms with Gasteiger partial charge < -0.3 is 5.32 Å². The fourth-order valence-corrected chi connectivity index (χ4v) is 2.46. The van der Waals surface area contributed by atoms with Gasteiger partial charge in [0.25, 0.3) is 0 Å². The monoisotopic (exact) mass is 203 g/mol. The van der Waals surface area contributed by atoms with E-state index in [2.05, 4.69) is 42.6 Å². The van der Waals surface area contributed by atoms with Gasteiger partial charge >= 0.3 is 0 Å². The van der Waals surface area contributed by atoms with E-state index < -0.39 is 0 Å². The van der Waals surface area contributed by atoms with E-state index in [0.717, 1.165) is 24.9 Å². The van der Waals surface area contributed by atoms with Crippen LogP contribution in [0.2, 0.25) is 0 Å². The number of hydrogen-bond donors (Lipinski definition) is 1. The Kier molecular flexibility index (Phi) is 3.79. The Bertz CT molecular complexity index is 281. The van der Waals surface area contributed by atoms with E-state index in [-0.39, 0.29) is 0 Å². The first-order chi connectivity index (χ1) is 7.34. The Hall–Kier alpha value is -0.820. The zero-order chi connectivity index (χ0) is 10.5. The predicted molar refractivity (Wildman–Crippen MR) is 65.0 cm³/mol. The summed E-state index contributed by atoms with van der Waals surface area (Å²) < 4.78 is 0. The summed E-state index contributed by atoms with van der Waals surface area (Å²) in [5.41, 5.74) is 1.44. The van der Waals surface area contributed by atoms with Crippen molar-refractivity contribution in [2.24, 2.45) is 5.92 Å². The van der Waals surface area contributed by atoms with Crippen molar-refractivity contribution in [2.45, 2.75) is 38.6 Å². The van der Waals surface area contributed by atoms with Crippen LogP contribution in [0, 0.1) is 5.92 Å². The van der Waals surface area contributed by atoms with Crippen molar-refractivity contribution in [3.8, 4) is 0 Å². The summed E-state index contributed by atoms with van der Waals surface area (Å²) in [4.78, 5) is 0. The average molecular weight is 203 g/mol. The van der Waals surface area contributed by atoms with Crippen LogP contribution in [0.5, 0.6) is 0 Å². The molecular weight excluding hydrogens is 182 g/mol. The van der Waals surface area contributed by atoms with Crippen molar-refractivity contribution in [3.05, 3.63) is 35.9 Å². The minimum atomic E-state index is 0.781. The van der Waals surface area contributed by atoms with Gasteiger partial charge in [-0.3, -0.25) is 0 Å². The first-order valence-corrected chi connectivity index (χ1v) is 6.12. The first-order valence-electron chi connectivity index (χ1n) is 6.12. The maximum atomic E-state index is 3.66. The summed E-state index contributed by atoms with van der Waals surface area (Å²) >= 11 is 0. The number of rotatable bonds is 4. The summed E-state index contributed by atoms with van der Waals surface area (Å²) in [6, 6.07) is 11.5. The van der Waals surface area contributed by atoms with Crippen LogP contribution in [-0.4, -0.2) is 12.6 Å². The lowest BCUT2D eigenvalue weighted by atomic mass is 10.1. The van der Waals surface area contributed by atoms with Gasteiger partial charge in [0.2, 0.25) is 0 Å². The topological polar surface area (TPSA) is 12.0 Å². The number of nitrogens with one attached hydrogen (secondary N) is 1. The fraction of sp³-hybridized carbons (Fsp3) is 0.571. The van der Waals surface area contributed by atoms with Gasteiger partial charge in [0, 0.05) is 6.04 Å². The second kappa shape index (κ2) is 5.32. The average Bonchev–Trinajstić information content (AvgIpc) is 2.66. The molecule has 15 heavy (non-hydrogen) atoms. The standard InChI is InChI=1S/C14H21N/c1-12-7-8-14(11-12)15-10-9-13-5-3-2-4-6-13/h2-6,12,14-15H,7-11H2,1H3/t12-,14+/m0/s1. The minimum absolute atomic E-state index is 0.781. The van der Waals surface area contributed by atoms with E-state index >= 15 is 0 Å². The largest absolute Gasteiger partial charge is 0.314 e. The SMILES string of the molecule is C[C@H]1CC[C@@H](NCCc2ccccc2)C1. The molecule has 1 fully saturated rings. The van der Waals surface area contributed by atoms with E-state index in [1.54, 1.807) is 0 Å². The zero-order valence-corrected chi connectivity index (χ0v) is 9.58. The molecule has 1 aliphatic rings. The Morgan fingerprint density at radius 3 is 2.67 bits per heavy atom. The molecule has 1 N–H and O–H groups in total. The molecule has 0 saturated heterocycles. The predicted octanol–water partition coefficient (Wildman–Crippen LogP) is 3.01. The normalized spacial score (nSPS) is 25.7. The van der Waals surface area contributed by atoms with Gasteiger partial charge in [0.1, 0.15) is 0 Å². The van der Waals surface area contributed by atoms with Crippen LogP contribution in [0.25, 0.3) is 0 Å². The molecule has 1 aliphatic carbocycles. The molecular formula is C14H21N. The fourth-order valence-electron chi connectivity index (χ4n) is 2.46. The molecule has 0 bridgehead atoms. The molecule has 82 valence electrons. The van der Waals surface area contributed by atoms with Crippen molar-refractivity contribution in [1.29, 1.82) is 0 Å². The smallest absolute Gasteiger partial charge is 0.00698 e. The van der Waals surface area contributed by atoms with Gasteiger partial charge in [-0.05, 0) is 43.7 Å². The van der Waals surface area contributed by atoms with E-state index in [0.29, 0.717) is 0 Å². The quantitative estimate of drug-likeness (QED) is 0.793. The molecule has 0 aromatic heterocycles. The van der Waals surface area contributed by atoms with Crippen molar-refractivity contribution in [3.63, 3.8) is 0 Å². The lowest BCUT2D eigenvalue weighted by Crippen LogP contribution is -2.28. The van der Waals surface area contributed by atoms with Gasteiger partial charge in [-0.2, -0.15) is 0 Å². The Balaban J connectivity index is 1.67. The van der Waals surface area contributed by atoms with Crippen LogP contribution in [0.3, 0.4) is 0 Å². The molecule has 2 atom stereocenters. The number of benzene rings is 1. The second-order valence-electron chi connectivity index (χ2n) is 4.80. The molecule has 0 aliphatic heterocycles. The van der Waals surface area contributed by atoms with Crippen molar-refractivity contribution in [1.82, 2.24) is 5.32 Å². The van der Waals surface area contributed by atoms with Gasteiger partial charge in [-0.25, -0.2) is 0 Å². The lowest BCUT2D eigenvalue weighted by molar-refractivity contribution is 0.506. The van der Waals surface area contributed by atoms with E-state index in [1.165, 1.54) is 24.8 Å². The van der Waals surface area contributed by atoms with Crippen LogP contribution in [-0.2, 0) is 6.42 Å². The summed E-state index contributed by atoms with van der Waals surface area (Å²) in [5.74, 6) is 0.930. The highest BCUT2D eigenvalue weighted by atomic mass is 14.9. The minimum Gasteiger partial charge on any atom is -0.314 e. The van der Waals surface area contributed by atoms with Gasteiger partial charge in [0.05, 0.1) is 0 Å². The Morgan fingerprint density at radius 1 is 1.20 bits per heavy atom. The number of hydrogen-bond acceptors (Lipinski definition) is 1.